The van der Waals surface area contributed by atoms with Gasteiger partial charge in [0.05, 0.1) is 19.1 Å². The number of ketones is 1. The van der Waals surface area contributed by atoms with E-state index in [0.717, 1.165) is 16.1 Å². The quantitative estimate of drug-likeness (QED) is 0.389. The maximum Gasteiger partial charge on any atom is 0.264 e. The van der Waals surface area contributed by atoms with Crippen molar-refractivity contribution in [2.75, 3.05) is 13.1 Å². The van der Waals surface area contributed by atoms with E-state index in [4.69, 9.17) is 0 Å². The lowest BCUT2D eigenvalue weighted by molar-refractivity contribution is -0.142. The summed E-state index contributed by atoms with van der Waals surface area (Å²) in [7, 11) is 0. The number of amides is 1. The van der Waals surface area contributed by atoms with E-state index in [2.05, 4.69) is 13.2 Å². The van der Waals surface area contributed by atoms with Crippen LogP contribution in [0.4, 0.5) is 17.6 Å². The van der Waals surface area contributed by atoms with Gasteiger partial charge in [0.1, 0.15) is 0 Å². The van der Waals surface area contributed by atoms with Crippen LogP contribution in [-0.2, 0) is 9.59 Å². The molecule has 1 amide bonds. The summed E-state index contributed by atoms with van der Waals surface area (Å²) in [5, 5.41) is 1.62. The molecule has 1 saturated heterocycles. The van der Waals surface area contributed by atoms with Gasteiger partial charge in [-0.25, -0.2) is 22.6 Å². The van der Waals surface area contributed by atoms with Crippen LogP contribution in [0.5, 0.6) is 0 Å². The molecule has 1 atom stereocenters. The second-order valence-electron chi connectivity index (χ2n) is 5.14. The normalized spacial score (nSPS) is 21.5. The van der Waals surface area contributed by atoms with Gasteiger partial charge in [-0.1, -0.05) is 26.2 Å². The van der Waals surface area contributed by atoms with E-state index in [0.29, 0.717) is 0 Å². The highest BCUT2D eigenvalue weighted by Gasteiger charge is 2.49. The van der Waals surface area contributed by atoms with Crippen molar-refractivity contribution in [1.82, 2.24) is 10.0 Å². The number of Topliss-reactive ketones (excluding diaryl/α,β-unsaturated/α-hetero) is 1. The fourth-order valence-electron chi connectivity index (χ4n) is 2.35. The second-order valence-corrected chi connectivity index (χ2v) is 5.14. The first-order chi connectivity index (χ1) is 10.7. The highest BCUT2D eigenvalue weighted by Crippen LogP contribution is 2.34. The number of allylic oxidation sites excluding steroid dienone is 2. The Labute approximate surface area is 131 Å². The molecule has 0 aliphatic carbocycles. The van der Waals surface area contributed by atoms with Gasteiger partial charge in [0.15, 0.2) is 17.4 Å². The molecule has 0 N–H and O–H groups in total. The van der Waals surface area contributed by atoms with Crippen molar-refractivity contribution in [3.8, 4) is 0 Å². The zero-order valence-electron chi connectivity index (χ0n) is 12.7. The molecule has 8 heteroatoms. The summed E-state index contributed by atoms with van der Waals surface area (Å²) in [6.07, 6.45) is 0.440. The number of nitrogens with zero attached hydrogens (tertiary/aromatic N) is 2. The molecule has 1 aliphatic heterocycles. The number of alkyl halides is 2. The lowest BCUT2D eigenvalue weighted by atomic mass is 10.1. The molecular formula is C15H18F4N2O2. The Morgan fingerprint density at radius 3 is 2.48 bits per heavy atom. The first-order valence-electron chi connectivity index (χ1n) is 6.91. The number of carbonyl (C=O) groups is 2. The summed E-state index contributed by atoms with van der Waals surface area (Å²) in [4.78, 5) is 23.1. The minimum absolute atomic E-state index is 0.0176. The number of hydrogen-bond donors (Lipinski definition) is 0. The minimum Gasteiger partial charge on any atom is -0.298 e. The van der Waals surface area contributed by atoms with Crippen LogP contribution in [0.3, 0.4) is 0 Å². The molecule has 1 heterocycles. The van der Waals surface area contributed by atoms with E-state index in [1.807, 2.05) is 0 Å². The largest absolute Gasteiger partial charge is 0.298 e. The van der Waals surface area contributed by atoms with Crippen LogP contribution in [0.25, 0.3) is 0 Å². The van der Waals surface area contributed by atoms with Crippen LogP contribution >= 0.6 is 0 Å². The molecule has 0 saturated carbocycles. The lowest BCUT2D eigenvalue weighted by Crippen LogP contribution is -2.49. The molecule has 0 bridgehead atoms. The van der Waals surface area contributed by atoms with Crippen LogP contribution in [0.2, 0.25) is 0 Å². The number of hydrazine groups is 1. The zero-order chi connectivity index (χ0) is 17.8. The summed E-state index contributed by atoms with van der Waals surface area (Å²) in [5.74, 6) is -6.31. The average Bonchev–Trinajstić information content (AvgIpc) is 2.82. The van der Waals surface area contributed by atoms with Gasteiger partial charge in [0.25, 0.3) is 5.92 Å². The van der Waals surface area contributed by atoms with Crippen LogP contribution in [0, 0.1) is 0 Å². The Balaban J connectivity index is 3.10. The maximum absolute atomic E-state index is 13.6. The van der Waals surface area contributed by atoms with Gasteiger partial charge >= 0.3 is 0 Å². The molecule has 1 fully saturated rings. The highest BCUT2D eigenvalue weighted by molar-refractivity contribution is 5.84. The molecule has 1 rings (SSSR count). The first-order valence-corrected chi connectivity index (χ1v) is 6.91. The average molecular weight is 334 g/mol. The van der Waals surface area contributed by atoms with Crippen molar-refractivity contribution in [2.24, 2.45) is 0 Å². The van der Waals surface area contributed by atoms with Crippen molar-refractivity contribution in [1.29, 1.82) is 0 Å². The van der Waals surface area contributed by atoms with Crippen molar-refractivity contribution in [3.05, 3.63) is 36.5 Å². The van der Waals surface area contributed by atoms with Gasteiger partial charge in [0, 0.05) is 18.4 Å². The molecule has 128 valence electrons. The van der Waals surface area contributed by atoms with E-state index in [1.165, 1.54) is 6.92 Å². The Morgan fingerprint density at radius 1 is 1.43 bits per heavy atom. The van der Waals surface area contributed by atoms with Crippen LogP contribution < -0.4 is 0 Å². The van der Waals surface area contributed by atoms with Gasteiger partial charge in [-0.05, 0) is 0 Å². The molecule has 23 heavy (non-hydrogen) atoms. The van der Waals surface area contributed by atoms with E-state index in [1.54, 1.807) is 0 Å². The fourth-order valence-corrected chi connectivity index (χ4v) is 2.35. The molecule has 0 spiro atoms. The monoisotopic (exact) mass is 334 g/mol. The van der Waals surface area contributed by atoms with Crippen molar-refractivity contribution >= 4 is 12.2 Å². The Bertz CT molecular complexity index is 546. The lowest BCUT2D eigenvalue weighted by Gasteiger charge is -2.32. The third kappa shape index (κ3) is 4.51. The Hall–Kier alpha value is -1.96. The van der Waals surface area contributed by atoms with Gasteiger partial charge in [-0.2, -0.15) is 0 Å². The summed E-state index contributed by atoms with van der Waals surface area (Å²) >= 11 is 0. The van der Waals surface area contributed by atoms with Crippen molar-refractivity contribution in [3.63, 3.8) is 0 Å². The van der Waals surface area contributed by atoms with Gasteiger partial charge < -0.3 is 0 Å². The third-order valence-corrected chi connectivity index (χ3v) is 3.52. The van der Waals surface area contributed by atoms with Gasteiger partial charge in [0.2, 0.25) is 6.41 Å². The molecule has 0 aromatic rings. The van der Waals surface area contributed by atoms with E-state index >= 15 is 0 Å². The molecule has 0 aromatic carbocycles. The fraction of sp³-hybridized carbons (Fsp3) is 0.467. The second kappa shape index (κ2) is 7.54. The molecule has 4 nitrogen and oxygen atoms in total. The van der Waals surface area contributed by atoms with Crippen LogP contribution in [0.1, 0.15) is 19.8 Å². The van der Waals surface area contributed by atoms with Gasteiger partial charge in [-0.15, -0.1) is 0 Å². The minimum atomic E-state index is -3.16. The molecular weight excluding hydrogens is 316 g/mol. The third-order valence-electron chi connectivity index (χ3n) is 3.52. The zero-order valence-corrected chi connectivity index (χ0v) is 12.7. The highest BCUT2D eigenvalue weighted by atomic mass is 19.3. The topological polar surface area (TPSA) is 40.6 Å². The number of halogens is 4. The summed E-state index contributed by atoms with van der Waals surface area (Å²) in [5.41, 5.74) is -0.331. The predicted molar refractivity (Wildman–Crippen MR) is 76.7 cm³/mol. The van der Waals surface area contributed by atoms with Crippen LogP contribution in [0.15, 0.2) is 36.5 Å². The smallest absolute Gasteiger partial charge is 0.264 e. The van der Waals surface area contributed by atoms with Crippen molar-refractivity contribution in [2.45, 2.75) is 31.7 Å². The number of hydrogen-bond acceptors (Lipinski definition) is 3. The number of carbonyl (C=O) groups excluding carboxylic acids is 2. The molecule has 0 aromatic heterocycles. The Kier molecular flexibility index (Phi) is 6.26. The summed E-state index contributed by atoms with van der Waals surface area (Å²) in [6, 6.07) is -1.19. The van der Waals surface area contributed by atoms with E-state index < -0.39 is 48.9 Å². The molecule has 0 radical (unpaired) electrons. The maximum atomic E-state index is 13.6. The molecule has 1 unspecified atom stereocenters. The SMILES string of the molecule is C=C/C(CN(C=O)N1CC(F)(F)CC1C(=O)CC)=C(/F)C(=C)F. The summed E-state index contributed by atoms with van der Waals surface area (Å²) < 4.78 is 53.7. The van der Waals surface area contributed by atoms with E-state index in [-0.39, 0.29) is 18.4 Å². The summed E-state index contributed by atoms with van der Waals surface area (Å²) in [6.45, 7) is 6.21. The van der Waals surface area contributed by atoms with Crippen LogP contribution in [-0.4, -0.2) is 47.3 Å². The molecule has 1 aliphatic rings. The first kappa shape index (κ1) is 19.1. The standard InChI is InChI=1S/C15H18F4N2O2/c1-4-11(14(17)10(3)16)7-20(9-22)21-8-15(18,19)6-12(21)13(23)5-2/h4,9,12H,1,3,5-8H2,2H3/b14-11-. The van der Waals surface area contributed by atoms with E-state index in [9.17, 15) is 27.2 Å². The predicted octanol–water partition coefficient (Wildman–Crippen LogP) is 2.94. The van der Waals surface area contributed by atoms with Gasteiger partial charge in [-0.3, -0.25) is 14.6 Å². The Morgan fingerprint density at radius 2 is 2.04 bits per heavy atom. The van der Waals surface area contributed by atoms with Crippen molar-refractivity contribution < 1.29 is 27.2 Å². The number of rotatable bonds is 8.